The van der Waals surface area contributed by atoms with Gasteiger partial charge < -0.3 is 19.7 Å². The lowest BCUT2D eigenvalue weighted by atomic mass is 9.74. The highest BCUT2D eigenvalue weighted by atomic mass is 16.5. The summed E-state index contributed by atoms with van der Waals surface area (Å²) in [5, 5.41) is 3.61. The van der Waals surface area contributed by atoms with E-state index < -0.39 is 0 Å². The van der Waals surface area contributed by atoms with Crippen molar-refractivity contribution in [1.29, 1.82) is 0 Å². The summed E-state index contributed by atoms with van der Waals surface area (Å²) in [6.45, 7) is 8.97. The van der Waals surface area contributed by atoms with E-state index in [2.05, 4.69) is 51.6 Å². The van der Waals surface area contributed by atoms with Gasteiger partial charge >= 0.3 is 0 Å². The summed E-state index contributed by atoms with van der Waals surface area (Å²) in [6, 6.07) is 12.9. The van der Waals surface area contributed by atoms with Gasteiger partial charge in [-0.05, 0) is 81.9 Å². The molecule has 3 heterocycles. The van der Waals surface area contributed by atoms with Gasteiger partial charge in [0, 0.05) is 37.4 Å². The van der Waals surface area contributed by atoms with E-state index in [1.807, 2.05) is 13.1 Å². The summed E-state index contributed by atoms with van der Waals surface area (Å²) >= 11 is 0. The van der Waals surface area contributed by atoms with Gasteiger partial charge in [-0.3, -0.25) is 4.98 Å². The standard InChI is InChI=1S/C25H35N3O2/c1-21-5-8-23(19-26-21)27-20-25(11-17-29-18-12-25)22-6-9-24(10-7-22)30-16-4-15-28-13-2-3-14-28/h5-10,19,27H,2-4,11-18,20H2,1H3. The first-order valence-electron chi connectivity index (χ1n) is 11.4. The van der Waals surface area contributed by atoms with Crippen LogP contribution in [0.15, 0.2) is 42.6 Å². The van der Waals surface area contributed by atoms with Crippen LogP contribution in [-0.2, 0) is 10.2 Å². The fraction of sp³-hybridized carbons (Fsp3) is 0.560. The second-order valence-corrected chi connectivity index (χ2v) is 8.71. The van der Waals surface area contributed by atoms with Gasteiger partial charge in [-0.25, -0.2) is 0 Å². The number of benzene rings is 1. The Labute approximate surface area is 180 Å². The molecule has 0 radical (unpaired) electrons. The molecule has 5 nitrogen and oxygen atoms in total. The minimum Gasteiger partial charge on any atom is -0.494 e. The van der Waals surface area contributed by atoms with Crippen molar-refractivity contribution in [3.8, 4) is 5.75 Å². The average Bonchev–Trinajstić information content (AvgIpc) is 3.31. The molecule has 162 valence electrons. The molecule has 1 N–H and O–H groups in total. The van der Waals surface area contributed by atoms with Crippen molar-refractivity contribution in [2.75, 3.05) is 51.3 Å². The van der Waals surface area contributed by atoms with Crippen LogP contribution in [0, 0.1) is 6.92 Å². The number of anilines is 1. The number of likely N-dealkylation sites (tertiary alicyclic amines) is 1. The Morgan fingerprint density at radius 1 is 1.07 bits per heavy atom. The monoisotopic (exact) mass is 409 g/mol. The highest BCUT2D eigenvalue weighted by Gasteiger charge is 2.34. The van der Waals surface area contributed by atoms with E-state index in [1.54, 1.807) is 0 Å². The smallest absolute Gasteiger partial charge is 0.119 e. The van der Waals surface area contributed by atoms with E-state index in [-0.39, 0.29) is 5.41 Å². The molecule has 4 rings (SSSR count). The van der Waals surface area contributed by atoms with Gasteiger partial charge in [0.05, 0.1) is 18.5 Å². The Morgan fingerprint density at radius 2 is 1.83 bits per heavy atom. The van der Waals surface area contributed by atoms with Crippen molar-refractivity contribution in [3.05, 3.63) is 53.9 Å². The Hall–Kier alpha value is -2.11. The summed E-state index contributed by atoms with van der Waals surface area (Å²) in [4.78, 5) is 6.94. The van der Waals surface area contributed by atoms with Crippen LogP contribution in [-0.4, -0.2) is 55.9 Å². The number of rotatable bonds is 9. The molecule has 0 bridgehead atoms. The van der Waals surface area contributed by atoms with Crippen molar-refractivity contribution in [3.63, 3.8) is 0 Å². The molecule has 1 aromatic heterocycles. The lowest BCUT2D eigenvalue weighted by molar-refractivity contribution is 0.0544. The molecular formula is C25H35N3O2. The first-order chi connectivity index (χ1) is 14.7. The van der Waals surface area contributed by atoms with Crippen LogP contribution in [0.1, 0.15) is 43.4 Å². The van der Waals surface area contributed by atoms with Crippen LogP contribution in [0.25, 0.3) is 0 Å². The number of pyridine rings is 1. The Morgan fingerprint density at radius 3 is 2.53 bits per heavy atom. The Balaban J connectivity index is 1.34. The summed E-state index contributed by atoms with van der Waals surface area (Å²) in [7, 11) is 0. The fourth-order valence-corrected chi connectivity index (χ4v) is 4.56. The van der Waals surface area contributed by atoms with Crippen LogP contribution >= 0.6 is 0 Å². The van der Waals surface area contributed by atoms with Crippen molar-refractivity contribution in [1.82, 2.24) is 9.88 Å². The normalized spacial score (nSPS) is 19.0. The zero-order chi connectivity index (χ0) is 20.7. The first kappa shape index (κ1) is 21.1. The molecule has 2 fully saturated rings. The molecule has 2 aliphatic rings. The van der Waals surface area contributed by atoms with Crippen molar-refractivity contribution in [2.45, 2.75) is 44.4 Å². The van der Waals surface area contributed by atoms with E-state index in [0.717, 1.165) is 69.3 Å². The number of nitrogens with one attached hydrogen (secondary N) is 1. The number of aryl methyl sites for hydroxylation is 1. The Kier molecular flexibility index (Phi) is 7.24. The number of ether oxygens (including phenoxy) is 2. The van der Waals surface area contributed by atoms with E-state index >= 15 is 0 Å². The molecule has 2 aliphatic heterocycles. The minimum atomic E-state index is 0.0808. The number of aromatic nitrogens is 1. The van der Waals surface area contributed by atoms with Crippen LogP contribution in [0.4, 0.5) is 5.69 Å². The predicted molar refractivity (Wildman–Crippen MR) is 121 cm³/mol. The third kappa shape index (κ3) is 5.52. The maximum atomic E-state index is 6.01. The fourth-order valence-electron chi connectivity index (χ4n) is 4.56. The first-order valence-corrected chi connectivity index (χ1v) is 11.4. The van der Waals surface area contributed by atoms with E-state index in [1.165, 1.54) is 31.5 Å². The second-order valence-electron chi connectivity index (χ2n) is 8.71. The third-order valence-corrected chi connectivity index (χ3v) is 6.54. The van der Waals surface area contributed by atoms with Gasteiger partial charge in [0.1, 0.15) is 5.75 Å². The molecule has 30 heavy (non-hydrogen) atoms. The van der Waals surface area contributed by atoms with Gasteiger partial charge in [0.25, 0.3) is 0 Å². The lowest BCUT2D eigenvalue weighted by Crippen LogP contribution is -2.40. The molecule has 2 aromatic rings. The lowest BCUT2D eigenvalue weighted by Gasteiger charge is -2.38. The summed E-state index contributed by atoms with van der Waals surface area (Å²) < 4.78 is 11.7. The van der Waals surface area contributed by atoms with E-state index in [0.29, 0.717) is 0 Å². The summed E-state index contributed by atoms with van der Waals surface area (Å²) in [5.74, 6) is 0.970. The number of nitrogens with zero attached hydrogens (tertiary/aromatic N) is 2. The Bertz CT molecular complexity index is 764. The van der Waals surface area contributed by atoms with Crippen LogP contribution in [0.3, 0.4) is 0 Å². The van der Waals surface area contributed by atoms with Gasteiger partial charge in [-0.1, -0.05) is 12.1 Å². The summed E-state index contributed by atoms with van der Waals surface area (Å²) in [6.07, 6.45) is 7.76. The van der Waals surface area contributed by atoms with Crippen LogP contribution in [0.2, 0.25) is 0 Å². The summed E-state index contributed by atoms with van der Waals surface area (Å²) in [5.41, 5.74) is 3.56. The van der Waals surface area contributed by atoms with Crippen molar-refractivity contribution >= 4 is 5.69 Å². The van der Waals surface area contributed by atoms with Crippen LogP contribution in [0.5, 0.6) is 5.75 Å². The van der Waals surface area contributed by atoms with Gasteiger partial charge in [-0.2, -0.15) is 0 Å². The van der Waals surface area contributed by atoms with Gasteiger partial charge in [-0.15, -0.1) is 0 Å². The highest BCUT2D eigenvalue weighted by molar-refractivity contribution is 5.43. The van der Waals surface area contributed by atoms with Crippen LogP contribution < -0.4 is 10.1 Å². The number of hydrogen-bond donors (Lipinski definition) is 1. The zero-order valence-corrected chi connectivity index (χ0v) is 18.2. The zero-order valence-electron chi connectivity index (χ0n) is 18.2. The molecule has 5 heteroatoms. The quantitative estimate of drug-likeness (QED) is 0.622. The second kappa shape index (κ2) is 10.3. The molecule has 0 amide bonds. The van der Waals surface area contributed by atoms with Gasteiger partial charge in [0.15, 0.2) is 0 Å². The minimum absolute atomic E-state index is 0.0808. The third-order valence-electron chi connectivity index (χ3n) is 6.54. The molecule has 0 unspecified atom stereocenters. The molecule has 0 aliphatic carbocycles. The number of hydrogen-bond acceptors (Lipinski definition) is 5. The molecule has 2 saturated heterocycles. The topological polar surface area (TPSA) is 46.6 Å². The van der Waals surface area contributed by atoms with Gasteiger partial charge in [0.2, 0.25) is 0 Å². The molecule has 0 atom stereocenters. The predicted octanol–water partition coefficient (Wildman–Crippen LogP) is 4.42. The van der Waals surface area contributed by atoms with Crippen molar-refractivity contribution in [2.24, 2.45) is 0 Å². The van der Waals surface area contributed by atoms with E-state index in [9.17, 15) is 0 Å². The SMILES string of the molecule is Cc1ccc(NCC2(c3ccc(OCCCN4CCCC4)cc3)CCOCC2)cn1. The molecule has 0 saturated carbocycles. The van der Waals surface area contributed by atoms with Crippen molar-refractivity contribution < 1.29 is 9.47 Å². The highest BCUT2D eigenvalue weighted by Crippen LogP contribution is 2.36. The molecule has 1 aromatic carbocycles. The average molecular weight is 410 g/mol. The maximum absolute atomic E-state index is 6.01. The maximum Gasteiger partial charge on any atom is 0.119 e. The molecular weight excluding hydrogens is 374 g/mol. The molecule has 0 spiro atoms. The van der Waals surface area contributed by atoms with E-state index in [4.69, 9.17) is 9.47 Å². The largest absolute Gasteiger partial charge is 0.494 e.